The summed E-state index contributed by atoms with van der Waals surface area (Å²) in [6.07, 6.45) is 0. The number of carbonyl (C=O) groups is 1. The predicted molar refractivity (Wildman–Crippen MR) is 79.2 cm³/mol. The molecular formula is C13H15ClN2O3S. The standard InChI is InChI=1S/C13H15ClN2O3S/c1-8(6-18-2)15-12(17)7-20-13-16-10-5-9(14)3-4-11(10)19-13/h3-5,8H,6-7H2,1-2H3,(H,15,17). The monoisotopic (exact) mass is 314 g/mol. The Morgan fingerprint density at radius 2 is 2.40 bits per heavy atom. The van der Waals surface area contributed by atoms with E-state index in [0.717, 1.165) is 0 Å². The molecule has 0 aliphatic heterocycles. The van der Waals surface area contributed by atoms with Crippen molar-refractivity contribution >= 4 is 40.4 Å². The number of nitrogens with zero attached hydrogens (tertiary/aromatic N) is 1. The van der Waals surface area contributed by atoms with E-state index >= 15 is 0 Å². The average molecular weight is 315 g/mol. The molecule has 0 bridgehead atoms. The van der Waals surface area contributed by atoms with Crippen LogP contribution in [-0.4, -0.2) is 36.4 Å². The van der Waals surface area contributed by atoms with Crippen LogP contribution in [0.2, 0.25) is 5.02 Å². The molecule has 2 rings (SSSR count). The lowest BCUT2D eigenvalue weighted by Crippen LogP contribution is -2.36. The third kappa shape index (κ3) is 4.13. The summed E-state index contributed by atoms with van der Waals surface area (Å²) in [6, 6.07) is 5.21. The van der Waals surface area contributed by atoms with Gasteiger partial charge >= 0.3 is 0 Å². The molecule has 1 N–H and O–H groups in total. The van der Waals surface area contributed by atoms with E-state index in [1.54, 1.807) is 25.3 Å². The first-order chi connectivity index (χ1) is 9.58. The molecule has 20 heavy (non-hydrogen) atoms. The van der Waals surface area contributed by atoms with Crippen LogP contribution < -0.4 is 5.32 Å². The molecule has 0 fully saturated rings. The second-order valence-corrected chi connectivity index (χ2v) is 5.67. The largest absolute Gasteiger partial charge is 0.431 e. The third-order valence-corrected chi connectivity index (χ3v) is 3.54. The Kier molecular flexibility index (Phi) is 5.28. The number of hydrogen-bond acceptors (Lipinski definition) is 5. The van der Waals surface area contributed by atoms with Crippen molar-refractivity contribution in [1.29, 1.82) is 0 Å². The molecule has 0 saturated heterocycles. The summed E-state index contributed by atoms with van der Waals surface area (Å²) < 4.78 is 10.5. The Labute approximate surface area is 126 Å². The smallest absolute Gasteiger partial charge is 0.257 e. The highest BCUT2D eigenvalue weighted by molar-refractivity contribution is 7.99. The molecular weight excluding hydrogens is 300 g/mol. The van der Waals surface area contributed by atoms with E-state index in [-0.39, 0.29) is 17.7 Å². The minimum absolute atomic E-state index is 0.0180. The molecule has 0 saturated carbocycles. The molecule has 1 aromatic carbocycles. The fourth-order valence-electron chi connectivity index (χ4n) is 1.68. The number of fused-ring (bicyclic) bond motifs is 1. The molecule has 0 aliphatic rings. The first kappa shape index (κ1) is 15.2. The fraction of sp³-hybridized carbons (Fsp3) is 0.385. The van der Waals surface area contributed by atoms with Crippen molar-refractivity contribution in [3.8, 4) is 0 Å². The second-order valence-electron chi connectivity index (χ2n) is 4.30. The van der Waals surface area contributed by atoms with Gasteiger partial charge in [0.2, 0.25) is 5.91 Å². The Morgan fingerprint density at radius 3 is 3.15 bits per heavy atom. The van der Waals surface area contributed by atoms with Crippen molar-refractivity contribution in [2.24, 2.45) is 0 Å². The number of methoxy groups -OCH3 is 1. The van der Waals surface area contributed by atoms with Crippen LogP contribution in [0.1, 0.15) is 6.92 Å². The van der Waals surface area contributed by atoms with Crippen molar-refractivity contribution in [3.05, 3.63) is 23.2 Å². The zero-order chi connectivity index (χ0) is 14.5. The predicted octanol–water partition coefficient (Wildman–Crippen LogP) is 2.72. The number of oxazole rings is 1. The summed E-state index contributed by atoms with van der Waals surface area (Å²) in [6.45, 7) is 2.37. The van der Waals surface area contributed by atoms with Crippen molar-refractivity contribution in [1.82, 2.24) is 10.3 Å². The van der Waals surface area contributed by atoms with Gasteiger partial charge in [0, 0.05) is 18.2 Å². The van der Waals surface area contributed by atoms with E-state index in [9.17, 15) is 4.79 Å². The number of hydrogen-bond donors (Lipinski definition) is 1. The van der Waals surface area contributed by atoms with E-state index in [2.05, 4.69) is 10.3 Å². The first-order valence-electron chi connectivity index (χ1n) is 6.05. The summed E-state index contributed by atoms with van der Waals surface area (Å²) in [5.41, 5.74) is 1.35. The lowest BCUT2D eigenvalue weighted by Gasteiger charge is -2.11. The number of ether oxygens (including phenoxy) is 1. The van der Waals surface area contributed by atoms with Crippen molar-refractivity contribution in [2.75, 3.05) is 19.5 Å². The minimum atomic E-state index is -0.0835. The van der Waals surface area contributed by atoms with Crippen LogP contribution in [0.15, 0.2) is 27.8 Å². The van der Waals surface area contributed by atoms with Gasteiger partial charge in [0.1, 0.15) is 5.52 Å². The molecule has 1 amide bonds. The fourth-order valence-corrected chi connectivity index (χ4v) is 2.49. The third-order valence-electron chi connectivity index (χ3n) is 2.48. The number of rotatable bonds is 6. The average Bonchev–Trinajstić information content (AvgIpc) is 2.78. The highest BCUT2D eigenvalue weighted by atomic mass is 35.5. The molecule has 0 spiro atoms. The van der Waals surface area contributed by atoms with E-state index in [0.29, 0.717) is 28.0 Å². The second kappa shape index (κ2) is 6.97. The van der Waals surface area contributed by atoms with Crippen molar-refractivity contribution in [2.45, 2.75) is 18.2 Å². The van der Waals surface area contributed by atoms with Crippen LogP contribution in [0.5, 0.6) is 0 Å². The highest BCUT2D eigenvalue weighted by Crippen LogP contribution is 2.25. The molecule has 108 valence electrons. The van der Waals surface area contributed by atoms with Gasteiger partial charge in [-0.25, -0.2) is 4.98 Å². The van der Waals surface area contributed by atoms with E-state index in [4.69, 9.17) is 20.8 Å². The SMILES string of the molecule is COCC(C)NC(=O)CSc1nc2cc(Cl)ccc2o1. The number of amides is 1. The van der Waals surface area contributed by atoms with E-state index in [1.165, 1.54) is 11.8 Å². The number of thioether (sulfide) groups is 1. The Hall–Kier alpha value is -1.24. The van der Waals surface area contributed by atoms with Gasteiger partial charge in [-0.1, -0.05) is 23.4 Å². The van der Waals surface area contributed by atoms with Crippen molar-refractivity contribution < 1.29 is 13.9 Å². The summed E-state index contributed by atoms with van der Waals surface area (Å²) in [7, 11) is 1.60. The van der Waals surface area contributed by atoms with Gasteiger partial charge in [0.25, 0.3) is 5.22 Å². The zero-order valence-electron chi connectivity index (χ0n) is 11.2. The van der Waals surface area contributed by atoms with Crippen LogP contribution in [-0.2, 0) is 9.53 Å². The van der Waals surface area contributed by atoms with Crippen LogP contribution in [0.3, 0.4) is 0 Å². The van der Waals surface area contributed by atoms with Crippen LogP contribution in [0, 0.1) is 0 Å². The van der Waals surface area contributed by atoms with Crippen LogP contribution in [0.25, 0.3) is 11.1 Å². The Morgan fingerprint density at radius 1 is 1.60 bits per heavy atom. The molecule has 5 nitrogen and oxygen atoms in total. The maximum atomic E-state index is 11.7. The maximum Gasteiger partial charge on any atom is 0.257 e. The number of carbonyl (C=O) groups excluding carboxylic acids is 1. The van der Waals surface area contributed by atoms with Crippen molar-refractivity contribution in [3.63, 3.8) is 0 Å². The lowest BCUT2D eigenvalue weighted by atomic mass is 10.3. The number of benzene rings is 1. The molecule has 7 heteroatoms. The molecule has 1 unspecified atom stereocenters. The van der Waals surface area contributed by atoms with Gasteiger partial charge in [-0.05, 0) is 25.1 Å². The molecule has 0 radical (unpaired) electrons. The normalized spacial score (nSPS) is 12.6. The highest BCUT2D eigenvalue weighted by Gasteiger charge is 2.11. The molecule has 2 aromatic rings. The Bertz CT molecular complexity index is 602. The van der Waals surface area contributed by atoms with E-state index < -0.39 is 0 Å². The van der Waals surface area contributed by atoms with Gasteiger partial charge in [-0.2, -0.15) is 0 Å². The zero-order valence-corrected chi connectivity index (χ0v) is 12.8. The lowest BCUT2D eigenvalue weighted by molar-refractivity contribution is -0.119. The molecule has 1 aromatic heterocycles. The Balaban J connectivity index is 1.90. The van der Waals surface area contributed by atoms with Gasteiger partial charge in [-0.3, -0.25) is 4.79 Å². The summed E-state index contributed by atoms with van der Waals surface area (Å²) in [4.78, 5) is 16.0. The maximum absolute atomic E-state index is 11.7. The summed E-state index contributed by atoms with van der Waals surface area (Å²) >= 11 is 7.12. The minimum Gasteiger partial charge on any atom is -0.431 e. The topological polar surface area (TPSA) is 64.4 Å². The first-order valence-corrected chi connectivity index (χ1v) is 7.42. The molecule has 0 aliphatic carbocycles. The summed E-state index contributed by atoms with van der Waals surface area (Å²) in [5, 5.41) is 3.88. The molecule has 1 atom stereocenters. The number of nitrogens with one attached hydrogen (secondary N) is 1. The number of halogens is 1. The van der Waals surface area contributed by atoms with Crippen LogP contribution >= 0.6 is 23.4 Å². The van der Waals surface area contributed by atoms with Gasteiger partial charge in [0.05, 0.1) is 12.4 Å². The van der Waals surface area contributed by atoms with Crippen LogP contribution in [0.4, 0.5) is 0 Å². The van der Waals surface area contributed by atoms with Gasteiger partial charge in [0.15, 0.2) is 5.58 Å². The molecule has 1 heterocycles. The van der Waals surface area contributed by atoms with Gasteiger partial charge in [-0.15, -0.1) is 0 Å². The summed E-state index contributed by atoms with van der Waals surface area (Å²) in [5.74, 6) is 0.161. The quantitative estimate of drug-likeness (QED) is 0.831. The van der Waals surface area contributed by atoms with E-state index in [1.807, 2.05) is 6.92 Å². The van der Waals surface area contributed by atoms with Gasteiger partial charge < -0.3 is 14.5 Å². The number of aromatic nitrogens is 1.